The van der Waals surface area contributed by atoms with Gasteiger partial charge in [-0.1, -0.05) is 18.2 Å². The lowest BCUT2D eigenvalue weighted by molar-refractivity contribution is 0.152. The highest BCUT2D eigenvalue weighted by Crippen LogP contribution is 2.47. The van der Waals surface area contributed by atoms with Gasteiger partial charge >= 0.3 is 0 Å². The van der Waals surface area contributed by atoms with Gasteiger partial charge in [-0.2, -0.15) is 0 Å². The SMILES string of the molecule is CS(=O)(=O)Nc1ccccc1C1(O)CC1. The highest BCUT2D eigenvalue weighted by atomic mass is 32.2. The summed E-state index contributed by atoms with van der Waals surface area (Å²) in [6.45, 7) is 0. The van der Waals surface area contributed by atoms with Crippen molar-refractivity contribution in [1.29, 1.82) is 0 Å². The van der Waals surface area contributed by atoms with E-state index in [0.717, 1.165) is 6.26 Å². The van der Waals surface area contributed by atoms with Crippen molar-refractivity contribution in [2.75, 3.05) is 11.0 Å². The largest absolute Gasteiger partial charge is 0.385 e. The van der Waals surface area contributed by atoms with Crippen LogP contribution in [0.25, 0.3) is 0 Å². The summed E-state index contributed by atoms with van der Waals surface area (Å²) in [5.74, 6) is 0. The molecule has 1 fully saturated rings. The van der Waals surface area contributed by atoms with Crippen LogP contribution < -0.4 is 4.72 Å². The lowest BCUT2D eigenvalue weighted by atomic mass is 10.1. The van der Waals surface area contributed by atoms with Crippen LogP contribution in [0, 0.1) is 0 Å². The van der Waals surface area contributed by atoms with Crippen LogP contribution in [0.3, 0.4) is 0 Å². The van der Waals surface area contributed by atoms with Crippen molar-refractivity contribution in [2.24, 2.45) is 0 Å². The van der Waals surface area contributed by atoms with Crippen LogP contribution in [-0.4, -0.2) is 19.8 Å². The number of aliphatic hydroxyl groups is 1. The molecule has 0 amide bonds. The maximum atomic E-state index is 11.1. The third kappa shape index (κ3) is 2.30. The average Bonchev–Trinajstić information content (AvgIpc) is 2.83. The predicted octanol–water partition coefficient (Wildman–Crippen LogP) is 1.04. The summed E-state index contributed by atoms with van der Waals surface area (Å²) in [5, 5.41) is 9.94. The van der Waals surface area contributed by atoms with Crippen molar-refractivity contribution < 1.29 is 13.5 Å². The van der Waals surface area contributed by atoms with E-state index in [2.05, 4.69) is 4.72 Å². The van der Waals surface area contributed by atoms with Gasteiger partial charge in [-0.3, -0.25) is 4.72 Å². The van der Waals surface area contributed by atoms with E-state index in [-0.39, 0.29) is 0 Å². The minimum Gasteiger partial charge on any atom is -0.385 e. The molecule has 1 aliphatic rings. The van der Waals surface area contributed by atoms with Gasteiger partial charge in [0.2, 0.25) is 10.0 Å². The van der Waals surface area contributed by atoms with E-state index in [4.69, 9.17) is 0 Å². The third-order valence-corrected chi connectivity index (χ3v) is 3.04. The molecular formula is C10H13NO3S. The van der Waals surface area contributed by atoms with Crippen molar-refractivity contribution in [1.82, 2.24) is 0 Å². The lowest BCUT2D eigenvalue weighted by Crippen LogP contribution is -2.14. The zero-order chi connectivity index (χ0) is 11.1. The Balaban J connectivity index is 2.39. The normalized spacial score (nSPS) is 18.5. The Kier molecular flexibility index (Phi) is 2.24. The molecule has 0 atom stereocenters. The highest BCUT2D eigenvalue weighted by molar-refractivity contribution is 7.92. The van der Waals surface area contributed by atoms with Gasteiger partial charge in [-0.25, -0.2) is 8.42 Å². The number of para-hydroxylation sites is 1. The molecule has 0 heterocycles. The van der Waals surface area contributed by atoms with Gasteiger partial charge in [-0.05, 0) is 18.9 Å². The molecule has 2 rings (SSSR count). The fourth-order valence-electron chi connectivity index (χ4n) is 1.57. The van der Waals surface area contributed by atoms with Crippen LogP contribution >= 0.6 is 0 Å². The van der Waals surface area contributed by atoms with Crippen LogP contribution in [0.1, 0.15) is 18.4 Å². The first-order valence-electron chi connectivity index (χ1n) is 4.70. The Morgan fingerprint density at radius 2 is 1.93 bits per heavy atom. The first kappa shape index (κ1) is 10.4. The Labute approximate surface area is 89.0 Å². The van der Waals surface area contributed by atoms with E-state index in [1.165, 1.54) is 0 Å². The molecule has 1 aromatic carbocycles. The molecule has 2 N–H and O–H groups in total. The maximum Gasteiger partial charge on any atom is 0.229 e. The lowest BCUT2D eigenvalue weighted by Gasteiger charge is -2.14. The van der Waals surface area contributed by atoms with Gasteiger partial charge in [0.1, 0.15) is 0 Å². The van der Waals surface area contributed by atoms with Gasteiger partial charge in [0.25, 0.3) is 0 Å². The summed E-state index contributed by atoms with van der Waals surface area (Å²) in [6, 6.07) is 6.94. The molecule has 0 unspecified atom stereocenters. The quantitative estimate of drug-likeness (QED) is 0.810. The molecule has 1 aliphatic carbocycles. The number of rotatable bonds is 3. The summed E-state index contributed by atoms with van der Waals surface area (Å²) in [6.07, 6.45) is 2.48. The van der Waals surface area contributed by atoms with Gasteiger partial charge in [-0.15, -0.1) is 0 Å². The first-order valence-corrected chi connectivity index (χ1v) is 6.60. The molecule has 15 heavy (non-hydrogen) atoms. The predicted molar refractivity (Wildman–Crippen MR) is 58.0 cm³/mol. The minimum absolute atomic E-state index is 0.472. The Hall–Kier alpha value is -1.07. The fraction of sp³-hybridized carbons (Fsp3) is 0.400. The standard InChI is InChI=1S/C10H13NO3S/c1-15(13,14)11-9-5-3-2-4-8(9)10(12)6-7-10/h2-5,11-12H,6-7H2,1H3. The first-order chi connectivity index (χ1) is 6.91. The van der Waals surface area contributed by atoms with E-state index in [1.807, 2.05) is 0 Å². The summed E-state index contributed by atoms with van der Waals surface area (Å²) < 4.78 is 24.6. The van der Waals surface area contributed by atoms with Crippen LogP contribution in [0.15, 0.2) is 24.3 Å². The molecule has 1 aromatic rings. The summed E-state index contributed by atoms with van der Waals surface area (Å²) >= 11 is 0. The van der Waals surface area contributed by atoms with Gasteiger partial charge in [0, 0.05) is 5.56 Å². The smallest absolute Gasteiger partial charge is 0.229 e. The Bertz CT molecular complexity index is 477. The van der Waals surface area contributed by atoms with E-state index in [0.29, 0.717) is 24.1 Å². The molecule has 0 spiro atoms. The molecule has 0 aromatic heterocycles. The molecular weight excluding hydrogens is 214 g/mol. The molecule has 0 bridgehead atoms. The zero-order valence-electron chi connectivity index (χ0n) is 8.40. The molecule has 4 nitrogen and oxygen atoms in total. The molecule has 0 saturated heterocycles. The van der Waals surface area contributed by atoms with Crippen molar-refractivity contribution in [3.8, 4) is 0 Å². The number of sulfonamides is 1. The minimum atomic E-state index is -3.29. The van der Waals surface area contributed by atoms with Crippen molar-refractivity contribution in [3.63, 3.8) is 0 Å². The highest BCUT2D eigenvalue weighted by Gasteiger charge is 2.43. The summed E-state index contributed by atoms with van der Waals surface area (Å²) in [4.78, 5) is 0. The number of hydrogen-bond acceptors (Lipinski definition) is 3. The zero-order valence-corrected chi connectivity index (χ0v) is 9.21. The molecule has 5 heteroatoms. The topological polar surface area (TPSA) is 66.4 Å². The van der Waals surface area contributed by atoms with Gasteiger partial charge in [0.15, 0.2) is 0 Å². The number of nitrogens with one attached hydrogen (secondary N) is 1. The third-order valence-electron chi connectivity index (χ3n) is 2.45. The summed E-state index contributed by atoms with van der Waals surface area (Å²) in [5.41, 5.74) is 0.310. The van der Waals surface area contributed by atoms with Crippen molar-refractivity contribution >= 4 is 15.7 Å². The van der Waals surface area contributed by atoms with Crippen molar-refractivity contribution in [2.45, 2.75) is 18.4 Å². The molecule has 82 valence electrons. The van der Waals surface area contributed by atoms with E-state index >= 15 is 0 Å². The summed E-state index contributed by atoms with van der Waals surface area (Å²) in [7, 11) is -3.29. The van der Waals surface area contributed by atoms with E-state index in [9.17, 15) is 13.5 Å². The second kappa shape index (κ2) is 3.21. The molecule has 0 aliphatic heterocycles. The van der Waals surface area contributed by atoms with Crippen LogP contribution in [-0.2, 0) is 15.6 Å². The van der Waals surface area contributed by atoms with Gasteiger partial charge in [0.05, 0.1) is 17.5 Å². The molecule has 0 radical (unpaired) electrons. The van der Waals surface area contributed by atoms with Crippen molar-refractivity contribution in [3.05, 3.63) is 29.8 Å². The second-order valence-corrected chi connectivity index (χ2v) is 5.70. The number of anilines is 1. The monoisotopic (exact) mass is 227 g/mol. The van der Waals surface area contributed by atoms with Crippen LogP contribution in [0.5, 0.6) is 0 Å². The fourth-order valence-corrected chi connectivity index (χ4v) is 2.14. The average molecular weight is 227 g/mol. The maximum absolute atomic E-state index is 11.1. The van der Waals surface area contributed by atoms with E-state index < -0.39 is 15.6 Å². The number of hydrogen-bond donors (Lipinski definition) is 2. The van der Waals surface area contributed by atoms with Gasteiger partial charge < -0.3 is 5.11 Å². The van der Waals surface area contributed by atoms with Crippen LogP contribution in [0.4, 0.5) is 5.69 Å². The number of benzene rings is 1. The van der Waals surface area contributed by atoms with E-state index in [1.54, 1.807) is 24.3 Å². The Morgan fingerprint density at radius 3 is 2.47 bits per heavy atom. The Morgan fingerprint density at radius 1 is 1.33 bits per heavy atom. The van der Waals surface area contributed by atoms with Crippen LogP contribution in [0.2, 0.25) is 0 Å². The second-order valence-electron chi connectivity index (χ2n) is 3.95. The molecule has 1 saturated carbocycles.